The van der Waals surface area contributed by atoms with E-state index in [1.807, 2.05) is 13.8 Å². The Hall–Kier alpha value is -0.590. The lowest BCUT2D eigenvalue weighted by Gasteiger charge is -2.02. The van der Waals surface area contributed by atoms with Gasteiger partial charge < -0.3 is 5.11 Å². The Balaban J connectivity index is 2.71. The molecule has 8 heavy (non-hydrogen) atoms. The van der Waals surface area contributed by atoms with Crippen LogP contribution in [0.15, 0.2) is 11.3 Å². The molecule has 0 aliphatic heterocycles. The first kappa shape index (κ1) is 5.54. The van der Waals surface area contributed by atoms with E-state index in [1.165, 1.54) is 0 Å². The predicted molar refractivity (Wildman–Crippen MR) is 30.9 cm³/mol. The van der Waals surface area contributed by atoms with Crippen molar-refractivity contribution in [2.75, 3.05) is 0 Å². The molecule has 0 heterocycles. The maximum absolute atomic E-state index is 10.8. The summed E-state index contributed by atoms with van der Waals surface area (Å²) >= 11 is 0. The van der Waals surface area contributed by atoms with Gasteiger partial charge in [0.25, 0.3) is 0 Å². The van der Waals surface area contributed by atoms with Crippen LogP contribution in [0.2, 0.25) is 0 Å². The highest BCUT2D eigenvalue weighted by atomic mass is 16.3. The van der Waals surface area contributed by atoms with Gasteiger partial charge >= 0.3 is 0 Å². The second-order valence-corrected chi connectivity index (χ2v) is 2.39. The van der Waals surface area contributed by atoms with Crippen molar-refractivity contribution in [3.05, 3.63) is 17.3 Å². The van der Waals surface area contributed by atoms with E-state index in [-0.39, 0.29) is 0 Å². The zero-order valence-electron chi connectivity index (χ0n) is 5.32. The first-order valence-corrected chi connectivity index (χ1v) is 2.91. The fourth-order valence-electron chi connectivity index (χ4n) is 0.966. The molecule has 1 aliphatic carbocycles. The van der Waals surface area contributed by atoms with E-state index in [0.29, 0.717) is 5.76 Å². The van der Waals surface area contributed by atoms with Gasteiger partial charge in [0, 0.05) is 25.3 Å². The number of rotatable bonds is 0. The summed E-state index contributed by atoms with van der Waals surface area (Å²) in [5, 5.41) is 10.8. The molecule has 0 N–H and O–H groups in total. The molecule has 0 unspecified atom stereocenters. The molecular weight excluding hydrogens is 100 g/mol. The van der Waals surface area contributed by atoms with E-state index in [0.717, 1.165) is 24.3 Å². The smallest absolute Gasteiger partial charge is 0.0634 e. The maximum Gasteiger partial charge on any atom is 0.0634 e. The second-order valence-electron chi connectivity index (χ2n) is 2.39. The van der Waals surface area contributed by atoms with Gasteiger partial charge in [-0.25, -0.2) is 0 Å². The van der Waals surface area contributed by atoms with Crippen molar-refractivity contribution in [1.82, 2.24) is 0 Å². The van der Waals surface area contributed by atoms with E-state index in [9.17, 15) is 5.11 Å². The van der Waals surface area contributed by atoms with Crippen LogP contribution in [0, 0.1) is 5.92 Å². The van der Waals surface area contributed by atoms with Crippen molar-refractivity contribution in [1.29, 1.82) is 0 Å². The second kappa shape index (κ2) is 1.73. The molecule has 1 heteroatoms. The Kier molecular flexibility index (Phi) is 1.20. The quantitative estimate of drug-likeness (QED) is 0.427. The normalized spacial score (nSPS) is 20.5. The van der Waals surface area contributed by atoms with Crippen LogP contribution in [0.1, 0.15) is 26.7 Å². The first-order chi connectivity index (χ1) is 3.72. The summed E-state index contributed by atoms with van der Waals surface area (Å²) in [5.41, 5.74) is 1.03. The highest BCUT2D eigenvalue weighted by Crippen LogP contribution is 2.28. The minimum Gasteiger partial charge on any atom is -0.841 e. The van der Waals surface area contributed by atoms with Gasteiger partial charge in [0.05, 0.1) is 18.6 Å². The molecule has 1 aliphatic rings. The molecule has 0 aromatic heterocycles. The average molecular weight is 110 g/mol. The summed E-state index contributed by atoms with van der Waals surface area (Å²) in [6.45, 7) is 3.83. The predicted octanol–water partition coefficient (Wildman–Crippen LogP) is 1.01. The van der Waals surface area contributed by atoms with Crippen molar-refractivity contribution in [2.24, 2.45) is 0 Å². The van der Waals surface area contributed by atoms with Crippen molar-refractivity contribution in [2.45, 2.75) is 26.7 Å². The first-order valence-electron chi connectivity index (χ1n) is 2.91. The minimum absolute atomic E-state index is 0.296. The minimum atomic E-state index is 0.296. The Labute approximate surface area is 50.0 Å². The van der Waals surface area contributed by atoms with Crippen LogP contribution in [0.25, 0.3) is 0 Å². The summed E-state index contributed by atoms with van der Waals surface area (Å²) in [6.07, 6.45) is 1.98. The van der Waals surface area contributed by atoms with Crippen LogP contribution >= 0.6 is 0 Å². The Morgan fingerprint density at radius 3 is 2.38 bits per heavy atom. The highest BCUT2D eigenvalue weighted by molar-refractivity contribution is 5.26. The van der Waals surface area contributed by atoms with Gasteiger partial charge in [-0.1, -0.05) is 0 Å². The van der Waals surface area contributed by atoms with Gasteiger partial charge in [0.1, 0.15) is 0 Å². The summed E-state index contributed by atoms with van der Waals surface area (Å²) in [7, 11) is 0. The van der Waals surface area contributed by atoms with Crippen LogP contribution in [0.4, 0.5) is 0 Å². The van der Waals surface area contributed by atoms with Gasteiger partial charge in [-0.2, -0.15) is 0 Å². The fraction of sp³-hybridized carbons (Fsp3) is 0.571. The molecule has 44 valence electrons. The molecule has 0 aromatic carbocycles. The molecule has 0 bridgehead atoms. The summed E-state index contributed by atoms with van der Waals surface area (Å²) in [6, 6.07) is 0. The lowest BCUT2D eigenvalue weighted by atomic mass is 10.1. The van der Waals surface area contributed by atoms with E-state index in [2.05, 4.69) is 0 Å². The van der Waals surface area contributed by atoms with Crippen molar-refractivity contribution in [3.63, 3.8) is 0 Å². The molecule has 0 radical (unpaired) electrons. The van der Waals surface area contributed by atoms with E-state index in [1.54, 1.807) is 0 Å². The van der Waals surface area contributed by atoms with Crippen molar-refractivity contribution in [3.8, 4) is 0 Å². The molecule has 0 saturated carbocycles. The topological polar surface area (TPSA) is 23.1 Å². The zero-order valence-corrected chi connectivity index (χ0v) is 5.32. The third kappa shape index (κ3) is 0.683. The molecule has 0 spiro atoms. The summed E-state index contributed by atoms with van der Waals surface area (Å²) in [4.78, 5) is 0. The third-order valence-electron chi connectivity index (χ3n) is 1.65. The van der Waals surface area contributed by atoms with Gasteiger partial charge in [0.2, 0.25) is 0 Å². The molecule has 0 atom stereocenters. The fourth-order valence-corrected chi connectivity index (χ4v) is 0.966. The summed E-state index contributed by atoms with van der Waals surface area (Å²) < 4.78 is 0. The number of hydrogen-bond acceptors (Lipinski definition) is 1. The largest absolute Gasteiger partial charge is 0.841 e. The van der Waals surface area contributed by atoms with Crippen molar-refractivity contribution < 1.29 is 5.11 Å². The average Bonchev–Trinajstić information content (AvgIpc) is 1.98. The summed E-state index contributed by atoms with van der Waals surface area (Å²) in [5.74, 6) is 1.33. The molecule has 0 amide bonds. The zero-order chi connectivity index (χ0) is 6.15. The van der Waals surface area contributed by atoms with Crippen LogP contribution in [0.5, 0.6) is 0 Å². The third-order valence-corrected chi connectivity index (χ3v) is 1.65. The number of allylic oxidation sites excluding steroid dienone is 2. The van der Waals surface area contributed by atoms with Crippen LogP contribution in [-0.2, 0) is 0 Å². The van der Waals surface area contributed by atoms with Gasteiger partial charge in [-0.05, 0) is 0 Å². The van der Waals surface area contributed by atoms with Gasteiger partial charge in [0.15, 0.2) is 0 Å². The van der Waals surface area contributed by atoms with Gasteiger partial charge in [-0.15, -0.1) is 0 Å². The van der Waals surface area contributed by atoms with Crippen LogP contribution < -0.4 is 5.11 Å². The molecule has 1 nitrogen and oxygen atoms in total. The molecule has 0 saturated heterocycles. The monoisotopic (exact) mass is 110 g/mol. The Bertz CT molecular complexity index is 124. The molecule has 0 fully saturated rings. The maximum atomic E-state index is 10.8. The SMILES string of the molecule is CC1=C([O-])[C+](C)CC1. The molecule has 1 rings (SSSR count). The van der Waals surface area contributed by atoms with E-state index in [4.69, 9.17) is 0 Å². The van der Waals surface area contributed by atoms with E-state index >= 15 is 0 Å². The van der Waals surface area contributed by atoms with Crippen LogP contribution in [0.3, 0.4) is 0 Å². The van der Waals surface area contributed by atoms with Crippen LogP contribution in [-0.4, -0.2) is 0 Å². The Morgan fingerprint density at radius 2 is 2.25 bits per heavy atom. The molecule has 0 aromatic rings. The number of hydrogen-bond donors (Lipinski definition) is 0. The van der Waals surface area contributed by atoms with Crippen molar-refractivity contribution >= 4 is 0 Å². The standard InChI is InChI=1S/C7H10O/c1-5-3-4-6(2)7(5)8/h3-4H2,1-2H3. The lowest BCUT2D eigenvalue weighted by molar-refractivity contribution is -0.302. The Morgan fingerprint density at radius 1 is 1.62 bits per heavy atom. The van der Waals surface area contributed by atoms with E-state index < -0.39 is 0 Å². The lowest BCUT2D eigenvalue weighted by Crippen LogP contribution is -2.07. The highest BCUT2D eigenvalue weighted by Gasteiger charge is 2.20. The molecular formula is C7H10O. The van der Waals surface area contributed by atoms with Gasteiger partial charge in [-0.3, -0.25) is 0 Å².